The summed E-state index contributed by atoms with van der Waals surface area (Å²) in [6, 6.07) is 7.27. The van der Waals surface area contributed by atoms with Crippen molar-refractivity contribution in [2.24, 2.45) is 5.92 Å². The molecule has 154 valence electrons. The van der Waals surface area contributed by atoms with Crippen LogP contribution >= 0.6 is 0 Å². The van der Waals surface area contributed by atoms with Crippen LogP contribution in [0, 0.1) is 5.92 Å². The van der Waals surface area contributed by atoms with Crippen molar-refractivity contribution in [3.8, 4) is 0 Å². The number of nitrogens with one attached hydrogen (secondary N) is 3. The van der Waals surface area contributed by atoms with Crippen LogP contribution in [0.4, 0.5) is 10.5 Å². The van der Waals surface area contributed by atoms with E-state index in [4.69, 9.17) is 4.74 Å². The van der Waals surface area contributed by atoms with Crippen molar-refractivity contribution in [1.29, 1.82) is 0 Å². The fraction of sp³-hybridized carbons (Fsp3) is 0.476. The summed E-state index contributed by atoms with van der Waals surface area (Å²) in [5.74, 6) is -0.138. The fourth-order valence-electron chi connectivity index (χ4n) is 2.13. The monoisotopic (exact) mass is 389 g/mol. The molecule has 0 aliphatic heterocycles. The number of alkyl carbamates (subject to hydrolysis) is 1. The first kappa shape index (κ1) is 23.2. The Morgan fingerprint density at radius 1 is 1.11 bits per heavy atom. The lowest BCUT2D eigenvalue weighted by atomic mass is 10.1. The average Bonchev–Trinajstić information content (AvgIpc) is 2.57. The molecule has 0 spiro atoms. The lowest BCUT2D eigenvalue weighted by Crippen LogP contribution is -2.35. The van der Waals surface area contributed by atoms with Crippen LogP contribution in [0.5, 0.6) is 0 Å². The second kappa shape index (κ2) is 11.1. The molecule has 28 heavy (non-hydrogen) atoms. The number of hydrogen-bond donors (Lipinski definition) is 3. The number of ether oxygens (including phenoxy) is 1. The lowest BCUT2D eigenvalue weighted by Gasteiger charge is -2.19. The zero-order chi connectivity index (χ0) is 21.2. The zero-order valence-corrected chi connectivity index (χ0v) is 17.3. The molecule has 0 unspecified atom stereocenters. The van der Waals surface area contributed by atoms with E-state index in [0.717, 1.165) is 5.56 Å². The lowest BCUT2D eigenvalue weighted by molar-refractivity contribution is -0.121. The van der Waals surface area contributed by atoms with Crippen molar-refractivity contribution in [2.75, 3.05) is 11.9 Å². The molecule has 0 aliphatic rings. The highest BCUT2D eigenvalue weighted by molar-refractivity contribution is 5.99. The van der Waals surface area contributed by atoms with Gasteiger partial charge in [-0.1, -0.05) is 38.1 Å². The molecule has 7 nitrogen and oxygen atoms in total. The third-order valence-electron chi connectivity index (χ3n) is 3.40. The predicted octanol–water partition coefficient (Wildman–Crippen LogP) is 3.37. The molecule has 0 aliphatic carbocycles. The minimum Gasteiger partial charge on any atom is -0.444 e. The molecule has 7 heteroatoms. The van der Waals surface area contributed by atoms with E-state index in [1.165, 1.54) is 6.08 Å². The van der Waals surface area contributed by atoms with Crippen molar-refractivity contribution >= 4 is 23.6 Å². The van der Waals surface area contributed by atoms with Gasteiger partial charge in [-0.2, -0.15) is 0 Å². The Balaban J connectivity index is 2.47. The zero-order valence-electron chi connectivity index (χ0n) is 17.3. The minimum atomic E-state index is -0.579. The topological polar surface area (TPSA) is 96.5 Å². The molecule has 1 aromatic rings. The molecule has 0 fully saturated rings. The summed E-state index contributed by atoms with van der Waals surface area (Å²) in [7, 11) is 0. The van der Waals surface area contributed by atoms with E-state index in [1.54, 1.807) is 26.8 Å². The third-order valence-corrected chi connectivity index (χ3v) is 3.40. The number of carbonyl (C=O) groups excluding carboxylic acids is 3. The quantitative estimate of drug-likeness (QED) is 0.594. The van der Waals surface area contributed by atoms with E-state index in [-0.39, 0.29) is 37.2 Å². The molecule has 0 heterocycles. The highest BCUT2D eigenvalue weighted by Gasteiger charge is 2.16. The van der Waals surface area contributed by atoms with Gasteiger partial charge in [0.25, 0.3) is 0 Å². The summed E-state index contributed by atoms with van der Waals surface area (Å²) in [6.45, 7) is 9.75. The van der Waals surface area contributed by atoms with E-state index in [2.05, 4.69) is 16.0 Å². The molecule has 0 bridgehead atoms. The Morgan fingerprint density at radius 2 is 1.79 bits per heavy atom. The molecular formula is C21H31N3O4. The van der Waals surface area contributed by atoms with Gasteiger partial charge in [-0.15, -0.1) is 0 Å². The Kier molecular flexibility index (Phi) is 9.21. The van der Waals surface area contributed by atoms with Gasteiger partial charge in [0.15, 0.2) is 0 Å². The van der Waals surface area contributed by atoms with Crippen LogP contribution < -0.4 is 16.0 Å². The molecular weight excluding hydrogens is 358 g/mol. The van der Waals surface area contributed by atoms with E-state index in [1.807, 2.05) is 38.1 Å². The summed E-state index contributed by atoms with van der Waals surface area (Å²) in [4.78, 5) is 35.5. The maximum Gasteiger partial charge on any atom is 0.407 e. The normalized spacial score (nSPS) is 11.4. The van der Waals surface area contributed by atoms with E-state index in [0.29, 0.717) is 5.69 Å². The molecule has 3 amide bonds. The molecule has 1 aromatic carbocycles. The molecule has 3 N–H and O–H groups in total. The maximum atomic E-state index is 12.0. The van der Waals surface area contributed by atoms with E-state index in [9.17, 15) is 14.4 Å². The van der Waals surface area contributed by atoms with Crippen molar-refractivity contribution in [3.05, 3.63) is 42.0 Å². The number of para-hydroxylation sites is 1. The number of benzene rings is 1. The van der Waals surface area contributed by atoms with Gasteiger partial charge in [-0.25, -0.2) is 4.79 Å². The van der Waals surface area contributed by atoms with Gasteiger partial charge in [0.05, 0.1) is 0 Å². The number of anilines is 1. The second-order valence-electron chi connectivity index (χ2n) is 7.70. The Labute approximate surface area is 166 Å². The SMILES string of the molecule is CC(C)/C=C/C(=O)Nc1ccccc1CNC(=O)CCNC(=O)OC(C)(C)C. The van der Waals surface area contributed by atoms with Crippen molar-refractivity contribution in [2.45, 2.75) is 53.2 Å². The molecule has 1 rings (SSSR count). The number of rotatable bonds is 8. The Morgan fingerprint density at radius 3 is 2.43 bits per heavy atom. The summed E-state index contributed by atoms with van der Waals surface area (Å²) in [5.41, 5.74) is 0.862. The minimum absolute atomic E-state index is 0.130. The van der Waals surface area contributed by atoms with Gasteiger partial charge in [0.1, 0.15) is 5.60 Å². The number of allylic oxidation sites excluding steroid dienone is 1. The van der Waals surface area contributed by atoms with E-state index >= 15 is 0 Å². The van der Waals surface area contributed by atoms with Crippen LogP contribution in [-0.4, -0.2) is 30.1 Å². The standard InChI is InChI=1S/C21H31N3O4/c1-15(2)10-11-19(26)24-17-9-7-6-8-16(17)14-23-18(25)12-13-22-20(27)28-21(3,4)5/h6-11,15H,12-14H2,1-5H3,(H,22,27)(H,23,25)(H,24,26)/b11-10+. The van der Waals surface area contributed by atoms with Gasteiger partial charge in [0.2, 0.25) is 11.8 Å². The van der Waals surface area contributed by atoms with Crippen LogP contribution in [0.1, 0.15) is 46.6 Å². The first-order valence-corrected chi connectivity index (χ1v) is 9.37. The van der Waals surface area contributed by atoms with Gasteiger partial charge in [0, 0.05) is 25.2 Å². The van der Waals surface area contributed by atoms with Gasteiger partial charge < -0.3 is 20.7 Å². The van der Waals surface area contributed by atoms with Crippen LogP contribution in [0.3, 0.4) is 0 Å². The van der Waals surface area contributed by atoms with Crippen molar-refractivity contribution in [1.82, 2.24) is 10.6 Å². The largest absolute Gasteiger partial charge is 0.444 e. The predicted molar refractivity (Wildman–Crippen MR) is 110 cm³/mol. The van der Waals surface area contributed by atoms with Crippen LogP contribution in [0.15, 0.2) is 36.4 Å². The molecule has 0 atom stereocenters. The summed E-state index contributed by atoms with van der Waals surface area (Å²) in [5, 5.41) is 8.15. The van der Waals surface area contributed by atoms with Gasteiger partial charge >= 0.3 is 6.09 Å². The molecule has 0 saturated carbocycles. The van der Waals surface area contributed by atoms with Crippen molar-refractivity contribution in [3.63, 3.8) is 0 Å². The highest BCUT2D eigenvalue weighted by atomic mass is 16.6. The number of carbonyl (C=O) groups is 3. The summed E-state index contributed by atoms with van der Waals surface area (Å²) < 4.78 is 5.11. The maximum absolute atomic E-state index is 12.0. The number of amides is 3. The van der Waals surface area contributed by atoms with Crippen LogP contribution in [-0.2, 0) is 20.9 Å². The summed E-state index contributed by atoms with van der Waals surface area (Å²) in [6.07, 6.45) is 2.90. The third kappa shape index (κ3) is 10.4. The number of hydrogen-bond acceptors (Lipinski definition) is 4. The van der Waals surface area contributed by atoms with Gasteiger partial charge in [-0.3, -0.25) is 9.59 Å². The molecule has 0 saturated heterocycles. The van der Waals surface area contributed by atoms with Gasteiger partial charge in [-0.05, 0) is 44.4 Å². The van der Waals surface area contributed by atoms with Crippen molar-refractivity contribution < 1.29 is 19.1 Å². The highest BCUT2D eigenvalue weighted by Crippen LogP contribution is 2.15. The first-order chi connectivity index (χ1) is 13.1. The molecule has 0 radical (unpaired) electrons. The fourth-order valence-corrected chi connectivity index (χ4v) is 2.13. The van der Waals surface area contributed by atoms with Crippen LogP contribution in [0.2, 0.25) is 0 Å². The second-order valence-corrected chi connectivity index (χ2v) is 7.70. The molecule has 0 aromatic heterocycles. The summed E-state index contributed by atoms with van der Waals surface area (Å²) >= 11 is 0. The first-order valence-electron chi connectivity index (χ1n) is 9.37. The average molecular weight is 389 g/mol. The smallest absolute Gasteiger partial charge is 0.407 e. The Bertz CT molecular complexity index is 706. The van der Waals surface area contributed by atoms with Crippen LogP contribution in [0.25, 0.3) is 0 Å². The Hall–Kier alpha value is -2.83. The van der Waals surface area contributed by atoms with E-state index < -0.39 is 11.7 Å².